The molecule has 0 saturated heterocycles. The number of alkyl halides is 1. The number of carbonyl (C=O) groups is 1. The number of nitrogens with zero attached hydrogens (tertiary/aromatic N) is 1. The molecule has 1 aromatic rings. The highest BCUT2D eigenvalue weighted by Gasteiger charge is 2.15. The summed E-state index contributed by atoms with van der Waals surface area (Å²) in [6.07, 6.45) is 0.654. The number of halogens is 1. The number of rotatable bonds is 5. The van der Waals surface area contributed by atoms with Crippen molar-refractivity contribution in [3.05, 3.63) is 39.4 Å². The highest BCUT2D eigenvalue weighted by Crippen LogP contribution is 2.19. The molecule has 0 aliphatic rings. The second-order valence-corrected chi connectivity index (χ2v) is 4.49. The Morgan fingerprint density at radius 3 is 2.78 bits per heavy atom. The van der Waals surface area contributed by atoms with Crippen LogP contribution in [0.4, 0.5) is 5.69 Å². The topological polar surface area (TPSA) is 72.2 Å². The van der Waals surface area contributed by atoms with E-state index in [4.69, 9.17) is 11.6 Å². The van der Waals surface area contributed by atoms with Gasteiger partial charge in [0.25, 0.3) is 11.6 Å². The first-order valence-electron chi connectivity index (χ1n) is 5.57. The summed E-state index contributed by atoms with van der Waals surface area (Å²) in [5.41, 5.74) is 0.770. The van der Waals surface area contributed by atoms with Crippen molar-refractivity contribution >= 4 is 23.2 Å². The molecule has 6 heteroatoms. The van der Waals surface area contributed by atoms with E-state index in [-0.39, 0.29) is 23.2 Å². The second-order valence-electron chi connectivity index (χ2n) is 4.11. The average molecular weight is 271 g/mol. The van der Waals surface area contributed by atoms with Crippen molar-refractivity contribution in [1.29, 1.82) is 0 Å². The molecule has 1 N–H and O–H groups in total. The molecule has 1 atom stereocenters. The SMILES string of the molecule is Cc1ccc(C(=O)NC(C)CCCl)cc1[N+](=O)[O-]. The van der Waals surface area contributed by atoms with Crippen molar-refractivity contribution < 1.29 is 9.72 Å². The molecule has 1 rings (SSSR count). The third-order valence-corrected chi connectivity index (χ3v) is 2.81. The molecule has 0 spiro atoms. The molecular formula is C12H15ClN2O3. The maximum Gasteiger partial charge on any atom is 0.273 e. The Labute approximate surface area is 110 Å². The Balaban J connectivity index is 2.87. The van der Waals surface area contributed by atoms with Gasteiger partial charge in [0.05, 0.1) is 4.92 Å². The molecule has 98 valence electrons. The van der Waals surface area contributed by atoms with Gasteiger partial charge in [0, 0.05) is 29.1 Å². The first kappa shape index (κ1) is 14.4. The lowest BCUT2D eigenvalue weighted by Gasteiger charge is -2.12. The number of amides is 1. The highest BCUT2D eigenvalue weighted by molar-refractivity contribution is 6.17. The standard InChI is InChI=1S/C12H15ClN2O3/c1-8-3-4-10(7-11(8)15(17)18)12(16)14-9(2)5-6-13/h3-4,7,9H,5-6H2,1-2H3,(H,14,16). The molecule has 1 amide bonds. The van der Waals surface area contributed by atoms with Crippen molar-refractivity contribution in [2.75, 3.05) is 5.88 Å². The van der Waals surface area contributed by atoms with Gasteiger partial charge in [-0.15, -0.1) is 11.6 Å². The fourth-order valence-electron chi connectivity index (χ4n) is 1.49. The number of aryl methyl sites for hydroxylation is 1. The first-order valence-corrected chi connectivity index (χ1v) is 6.11. The quantitative estimate of drug-likeness (QED) is 0.508. The van der Waals surface area contributed by atoms with Crippen LogP contribution in [0.25, 0.3) is 0 Å². The number of nitro benzene ring substituents is 1. The van der Waals surface area contributed by atoms with Crippen LogP contribution < -0.4 is 5.32 Å². The number of nitro groups is 1. The van der Waals surface area contributed by atoms with E-state index >= 15 is 0 Å². The lowest BCUT2D eigenvalue weighted by atomic mass is 10.1. The molecule has 0 fully saturated rings. The highest BCUT2D eigenvalue weighted by atomic mass is 35.5. The van der Waals surface area contributed by atoms with Gasteiger partial charge in [-0.2, -0.15) is 0 Å². The zero-order chi connectivity index (χ0) is 13.7. The molecule has 1 aromatic carbocycles. The monoisotopic (exact) mass is 270 g/mol. The summed E-state index contributed by atoms with van der Waals surface area (Å²) in [5, 5.41) is 13.5. The van der Waals surface area contributed by atoms with Gasteiger partial charge in [-0.05, 0) is 26.3 Å². The summed E-state index contributed by atoms with van der Waals surface area (Å²) in [4.78, 5) is 22.1. The summed E-state index contributed by atoms with van der Waals surface area (Å²) >= 11 is 5.57. The van der Waals surface area contributed by atoms with E-state index in [9.17, 15) is 14.9 Å². The predicted molar refractivity (Wildman–Crippen MR) is 70.1 cm³/mol. The fraction of sp³-hybridized carbons (Fsp3) is 0.417. The zero-order valence-corrected chi connectivity index (χ0v) is 11.0. The van der Waals surface area contributed by atoms with Crippen LogP contribution in [0.1, 0.15) is 29.3 Å². The number of nitrogens with one attached hydrogen (secondary N) is 1. The van der Waals surface area contributed by atoms with Crippen LogP contribution in [0.5, 0.6) is 0 Å². The van der Waals surface area contributed by atoms with Crippen molar-refractivity contribution in [2.24, 2.45) is 0 Å². The molecular weight excluding hydrogens is 256 g/mol. The van der Waals surface area contributed by atoms with Crippen molar-refractivity contribution in [2.45, 2.75) is 26.3 Å². The van der Waals surface area contributed by atoms with Crippen LogP contribution in [-0.4, -0.2) is 22.8 Å². The minimum atomic E-state index is -0.492. The maximum absolute atomic E-state index is 11.8. The van der Waals surface area contributed by atoms with E-state index in [0.29, 0.717) is 17.9 Å². The molecule has 0 aromatic heterocycles. The minimum Gasteiger partial charge on any atom is -0.350 e. The van der Waals surface area contributed by atoms with Crippen LogP contribution in [0.2, 0.25) is 0 Å². The minimum absolute atomic E-state index is 0.0485. The Kier molecular flexibility index (Phi) is 5.09. The lowest BCUT2D eigenvalue weighted by molar-refractivity contribution is -0.385. The normalized spacial score (nSPS) is 11.9. The maximum atomic E-state index is 11.8. The van der Waals surface area contributed by atoms with E-state index in [1.807, 2.05) is 6.92 Å². The van der Waals surface area contributed by atoms with Gasteiger partial charge in [0.2, 0.25) is 0 Å². The van der Waals surface area contributed by atoms with Gasteiger partial charge in [-0.1, -0.05) is 6.07 Å². The zero-order valence-electron chi connectivity index (χ0n) is 10.3. The van der Waals surface area contributed by atoms with E-state index in [0.717, 1.165) is 0 Å². The van der Waals surface area contributed by atoms with Crippen molar-refractivity contribution in [3.8, 4) is 0 Å². The molecule has 1 unspecified atom stereocenters. The lowest BCUT2D eigenvalue weighted by Crippen LogP contribution is -2.32. The number of benzene rings is 1. The molecule has 5 nitrogen and oxygen atoms in total. The third-order valence-electron chi connectivity index (χ3n) is 2.59. The molecule has 18 heavy (non-hydrogen) atoms. The van der Waals surface area contributed by atoms with Gasteiger partial charge in [-0.25, -0.2) is 0 Å². The van der Waals surface area contributed by atoms with Crippen LogP contribution >= 0.6 is 11.6 Å². The van der Waals surface area contributed by atoms with Crippen molar-refractivity contribution in [1.82, 2.24) is 5.32 Å². The van der Waals surface area contributed by atoms with Crippen LogP contribution in [-0.2, 0) is 0 Å². The summed E-state index contributed by atoms with van der Waals surface area (Å²) in [6, 6.07) is 4.37. The molecule has 0 aliphatic heterocycles. The molecule has 0 bridgehead atoms. The Bertz CT molecular complexity index is 463. The number of hydrogen-bond donors (Lipinski definition) is 1. The Morgan fingerprint density at radius 1 is 1.56 bits per heavy atom. The van der Waals surface area contributed by atoms with Gasteiger partial charge in [0.15, 0.2) is 0 Å². The van der Waals surface area contributed by atoms with E-state index in [2.05, 4.69) is 5.32 Å². The molecule has 0 radical (unpaired) electrons. The first-order chi connectivity index (χ1) is 8.45. The summed E-state index contributed by atoms with van der Waals surface area (Å²) in [6.45, 7) is 3.47. The fourth-order valence-corrected chi connectivity index (χ4v) is 1.82. The second kappa shape index (κ2) is 6.35. The number of carbonyl (C=O) groups excluding carboxylic acids is 1. The Morgan fingerprint density at radius 2 is 2.22 bits per heavy atom. The smallest absolute Gasteiger partial charge is 0.273 e. The van der Waals surface area contributed by atoms with Gasteiger partial charge in [-0.3, -0.25) is 14.9 Å². The average Bonchev–Trinajstić information content (AvgIpc) is 2.29. The van der Waals surface area contributed by atoms with E-state index in [1.165, 1.54) is 6.07 Å². The van der Waals surface area contributed by atoms with Crippen molar-refractivity contribution in [3.63, 3.8) is 0 Å². The van der Waals surface area contributed by atoms with Gasteiger partial charge in [0.1, 0.15) is 0 Å². The molecule has 0 saturated carbocycles. The van der Waals surface area contributed by atoms with E-state index < -0.39 is 4.92 Å². The van der Waals surface area contributed by atoms with E-state index in [1.54, 1.807) is 19.1 Å². The Hall–Kier alpha value is -1.62. The van der Waals surface area contributed by atoms with Crippen LogP contribution in [0.15, 0.2) is 18.2 Å². The summed E-state index contributed by atoms with van der Waals surface area (Å²) in [7, 11) is 0. The van der Waals surface area contributed by atoms with Crippen LogP contribution in [0, 0.1) is 17.0 Å². The van der Waals surface area contributed by atoms with Gasteiger partial charge >= 0.3 is 0 Å². The summed E-state index contributed by atoms with van der Waals surface area (Å²) < 4.78 is 0. The number of hydrogen-bond acceptors (Lipinski definition) is 3. The van der Waals surface area contributed by atoms with Crippen LogP contribution in [0.3, 0.4) is 0 Å². The molecule has 0 aliphatic carbocycles. The molecule has 0 heterocycles. The summed E-state index contributed by atoms with van der Waals surface area (Å²) in [5.74, 6) is 0.130. The third kappa shape index (κ3) is 3.70. The largest absolute Gasteiger partial charge is 0.350 e. The van der Waals surface area contributed by atoms with Gasteiger partial charge < -0.3 is 5.32 Å². The predicted octanol–water partition coefficient (Wildman–Crippen LogP) is 2.65.